The molecule has 0 aliphatic carbocycles. The first-order valence-electron chi connectivity index (χ1n) is 5.28. The fourth-order valence-electron chi connectivity index (χ4n) is 1.11. The van der Waals surface area contributed by atoms with Gasteiger partial charge in [-0.05, 0) is 20.3 Å². The topological polar surface area (TPSA) is 55.8 Å². The van der Waals surface area contributed by atoms with E-state index < -0.39 is 25.8 Å². The average molecular weight is 260 g/mol. The van der Waals surface area contributed by atoms with E-state index >= 15 is 0 Å². The highest BCUT2D eigenvalue weighted by Crippen LogP contribution is 2.63. The standard InChI is InChI=1S/C9H19F2O4P/c1-4-8(12)7-9(10,11)16(13,14-5-2)15-6-3/h8,12H,4-7H2,1-3H3. The van der Waals surface area contributed by atoms with Gasteiger partial charge < -0.3 is 14.2 Å². The predicted octanol–water partition coefficient (Wildman–Crippen LogP) is 3.01. The second-order valence-corrected chi connectivity index (χ2v) is 5.43. The molecule has 4 nitrogen and oxygen atoms in total. The highest BCUT2D eigenvalue weighted by Gasteiger charge is 2.53. The number of aliphatic hydroxyl groups is 1. The van der Waals surface area contributed by atoms with Gasteiger partial charge in [0.15, 0.2) is 0 Å². The van der Waals surface area contributed by atoms with E-state index in [1.807, 2.05) is 0 Å². The molecule has 0 amide bonds. The monoisotopic (exact) mass is 260 g/mol. The van der Waals surface area contributed by atoms with Crippen LogP contribution in [0.15, 0.2) is 0 Å². The molecule has 16 heavy (non-hydrogen) atoms. The van der Waals surface area contributed by atoms with E-state index in [1.54, 1.807) is 6.92 Å². The van der Waals surface area contributed by atoms with Crippen molar-refractivity contribution in [3.63, 3.8) is 0 Å². The molecule has 0 aromatic rings. The number of hydrogen-bond acceptors (Lipinski definition) is 4. The number of alkyl halides is 2. The molecule has 0 aliphatic heterocycles. The summed E-state index contributed by atoms with van der Waals surface area (Å²) in [5.41, 5.74) is -3.66. The Bertz CT molecular complexity index is 238. The summed E-state index contributed by atoms with van der Waals surface area (Å²) in [5, 5.41) is 9.18. The normalized spacial score (nSPS) is 15.1. The summed E-state index contributed by atoms with van der Waals surface area (Å²) < 4.78 is 48.1. The van der Waals surface area contributed by atoms with Gasteiger partial charge in [-0.2, -0.15) is 8.78 Å². The molecule has 1 N–H and O–H groups in total. The number of rotatable bonds is 8. The van der Waals surface area contributed by atoms with Gasteiger partial charge in [-0.15, -0.1) is 0 Å². The first-order chi connectivity index (χ1) is 7.33. The van der Waals surface area contributed by atoms with E-state index in [0.29, 0.717) is 0 Å². The molecule has 0 rings (SSSR count). The summed E-state index contributed by atoms with van der Waals surface area (Å²) >= 11 is 0. The van der Waals surface area contributed by atoms with Crippen molar-refractivity contribution in [1.29, 1.82) is 0 Å². The van der Waals surface area contributed by atoms with Crippen molar-refractivity contribution in [3.8, 4) is 0 Å². The second-order valence-electron chi connectivity index (χ2n) is 3.27. The molecule has 0 bridgehead atoms. The smallest absolute Gasteiger partial charge is 0.393 e. The minimum Gasteiger partial charge on any atom is -0.393 e. The summed E-state index contributed by atoms with van der Waals surface area (Å²) in [5.74, 6) is 0. The zero-order valence-electron chi connectivity index (χ0n) is 9.78. The summed E-state index contributed by atoms with van der Waals surface area (Å²) in [6.07, 6.45) is -1.97. The predicted molar refractivity (Wildman–Crippen MR) is 56.7 cm³/mol. The van der Waals surface area contributed by atoms with Crippen molar-refractivity contribution in [1.82, 2.24) is 0 Å². The minimum absolute atomic E-state index is 0.130. The number of hydrogen-bond donors (Lipinski definition) is 1. The van der Waals surface area contributed by atoms with Gasteiger partial charge in [-0.3, -0.25) is 4.57 Å². The van der Waals surface area contributed by atoms with Gasteiger partial charge in [0.25, 0.3) is 0 Å². The van der Waals surface area contributed by atoms with Crippen LogP contribution in [0.25, 0.3) is 0 Å². The summed E-state index contributed by atoms with van der Waals surface area (Å²) in [6.45, 7) is 4.22. The Hall–Kier alpha value is -0.0300. The van der Waals surface area contributed by atoms with E-state index in [4.69, 9.17) is 0 Å². The van der Waals surface area contributed by atoms with Gasteiger partial charge in [-0.25, -0.2) is 0 Å². The lowest BCUT2D eigenvalue weighted by Gasteiger charge is -2.26. The fourth-order valence-corrected chi connectivity index (χ4v) is 2.67. The molecule has 1 unspecified atom stereocenters. The van der Waals surface area contributed by atoms with E-state index in [0.717, 1.165) is 0 Å². The van der Waals surface area contributed by atoms with Gasteiger partial charge in [-0.1, -0.05) is 6.92 Å². The number of halogens is 2. The summed E-state index contributed by atoms with van der Waals surface area (Å²) in [6, 6.07) is 0. The van der Waals surface area contributed by atoms with Gasteiger partial charge in [0, 0.05) is 6.42 Å². The molecule has 0 saturated carbocycles. The lowest BCUT2D eigenvalue weighted by Crippen LogP contribution is -2.26. The molecule has 0 aromatic carbocycles. The van der Waals surface area contributed by atoms with Crippen molar-refractivity contribution < 1.29 is 27.5 Å². The van der Waals surface area contributed by atoms with Gasteiger partial charge in [0.05, 0.1) is 19.3 Å². The lowest BCUT2D eigenvalue weighted by molar-refractivity contribution is -0.00696. The number of aliphatic hydroxyl groups excluding tert-OH is 1. The first kappa shape index (κ1) is 16.0. The van der Waals surface area contributed by atoms with E-state index in [9.17, 15) is 18.5 Å². The van der Waals surface area contributed by atoms with E-state index in [2.05, 4.69) is 9.05 Å². The Morgan fingerprint density at radius 3 is 2.00 bits per heavy atom. The SMILES string of the molecule is CCOP(=O)(OCC)C(F)(F)CC(O)CC. The minimum atomic E-state index is -4.48. The largest absolute Gasteiger partial charge is 0.399 e. The maximum absolute atomic E-state index is 13.6. The molecule has 0 spiro atoms. The molecule has 7 heteroatoms. The molecule has 0 radical (unpaired) electrons. The summed E-state index contributed by atoms with van der Waals surface area (Å²) in [4.78, 5) is 0. The van der Waals surface area contributed by atoms with E-state index in [1.165, 1.54) is 13.8 Å². The van der Waals surface area contributed by atoms with Crippen LogP contribution in [0, 0.1) is 0 Å². The van der Waals surface area contributed by atoms with Crippen LogP contribution >= 0.6 is 7.60 Å². The molecular weight excluding hydrogens is 241 g/mol. The van der Waals surface area contributed by atoms with Crippen molar-refractivity contribution in [2.75, 3.05) is 13.2 Å². The summed E-state index contributed by atoms with van der Waals surface area (Å²) in [7, 11) is -4.48. The van der Waals surface area contributed by atoms with Crippen LogP contribution in [0.3, 0.4) is 0 Å². The molecule has 0 aromatic heterocycles. The van der Waals surface area contributed by atoms with Crippen LogP contribution in [0.1, 0.15) is 33.6 Å². The zero-order chi connectivity index (χ0) is 12.8. The Morgan fingerprint density at radius 2 is 1.69 bits per heavy atom. The van der Waals surface area contributed by atoms with Crippen molar-refractivity contribution >= 4 is 7.60 Å². The molecule has 1 atom stereocenters. The third-order valence-corrected chi connectivity index (χ3v) is 4.13. The third-order valence-electron chi connectivity index (χ3n) is 1.95. The first-order valence-corrected chi connectivity index (χ1v) is 6.82. The van der Waals surface area contributed by atoms with Crippen LogP contribution < -0.4 is 0 Å². The van der Waals surface area contributed by atoms with Gasteiger partial charge in [0.1, 0.15) is 0 Å². The van der Waals surface area contributed by atoms with Crippen LogP contribution in [-0.4, -0.2) is 30.1 Å². The highest BCUT2D eigenvalue weighted by molar-refractivity contribution is 7.55. The van der Waals surface area contributed by atoms with Gasteiger partial charge in [0.2, 0.25) is 0 Å². The molecule has 98 valence electrons. The van der Waals surface area contributed by atoms with Crippen molar-refractivity contribution in [3.05, 3.63) is 0 Å². The Morgan fingerprint density at radius 1 is 1.25 bits per heavy atom. The molecular formula is C9H19F2O4P. The molecule has 0 saturated heterocycles. The molecule has 0 heterocycles. The van der Waals surface area contributed by atoms with Crippen LogP contribution in [0.2, 0.25) is 0 Å². The van der Waals surface area contributed by atoms with Crippen LogP contribution in [-0.2, 0) is 13.6 Å². The van der Waals surface area contributed by atoms with Gasteiger partial charge >= 0.3 is 13.3 Å². The Balaban J connectivity index is 4.81. The molecule has 0 aliphatic rings. The third kappa shape index (κ3) is 4.09. The maximum atomic E-state index is 13.6. The lowest BCUT2D eigenvalue weighted by atomic mass is 10.2. The maximum Gasteiger partial charge on any atom is 0.399 e. The van der Waals surface area contributed by atoms with Crippen molar-refractivity contribution in [2.24, 2.45) is 0 Å². The van der Waals surface area contributed by atoms with Crippen LogP contribution in [0.5, 0.6) is 0 Å². The second kappa shape index (κ2) is 6.64. The van der Waals surface area contributed by atoms with Crippen LogP contribution in [0.4, 0.5) is 8.78 Å². The van der Waals surface area contributed by atoms with E-state index in [-0.39, 0.29) is 19.6 Å². The molecule has 0 fully saturated rings. The quantitative estimate of drug-likeness (QED) is 0.681. The fraction of sp³-hybridized carbons (Fsp3) is 1.00. The Kier molecular flexibility index (Phi) is 6.63. The average Bonchev–Trinajstić information content (AvgIpc) is 2.17. The zero-order valence-corrected chi connectivity index (χ0v) is 10.7. The van der Waals surface area contributed by atoms with Crippen molar-refractivity contribution in [2.45, 2.75) is 45.4 Å². The Labute approximate surface area is 94.5 Å². The highest BCUT2D eigenvalue weighted by atomic mass is 31.2.